The Hall–Kier alpha value is -2.01. The van der Waals surface area contributed by atoms with Crippen LogP contribution < -0.4 is 11.5 Å². The first-order chi connectivity index (χ1) is 11.9. The van der Waals surface area contributed by atoms with Crippen molar-refractivity contribution in [3.63, 3.8) is 0 Å². The fraction of sp³-hybridized carbons (Fsp3) is 0.0667. The zero-order valence-electron chi connectivity index (χ0n) is 12.6. The quantitative estimate of drug-likeness (QED) is 0.459. The molecule has 128 valence electrons. The molecule has 0 aliphatic heterocycles. The number of primary amides is 2. The molecule has 0 bridgehead atoms. The molecule has 0 saturated heterocycles. The molecule has 0 unspecified atom stereocenters. The fourth-order valence-electron chi connectivity index (χ4n) is 1.86. The molecule has 0 spiro atoms. The van der Waals surface area contributed by atoms with E-state index in [0.717, 1.165) is 26.2 Å². The number of carbonyl (C=O) groups is 3. The number of nitrogens with two attached hydrogens (primary N) is 2. The highest BCUT2D eigenvalue weighted by atomic mass is 32.2. The van der Waals surface area contributed by atoms with Gasteiger partial charge in [-0.25, -0.2) is 4.98 Å². The number of hydrogen-bond donors (Lipinski definition) is 2. The van der Waals surface area contributed by atoms with Crippen LogP contribution in [0.2, 0.25) is 0 Å². The smallest absolute Gasteiger partial charge is 0.258 e. The molecule has 0 aromatic carbocycles. The first kappa shape index (κ1) is 17.8. The minimum absolute atomic E-state index is 0.0774. The number of ketones is 1. The van der Waals surface area contributed by atoms with Gasteiger partial charge in [0.1, 0.15) is 0 Å². The van der Waals surface area contributed by atoms with Crippen molar-refractivity contribution in [3.8, 4) is 10.6 Å². The monoisotopic (exact) mass is 409 g/mol. The summed E-state index contributed by atoms with van der Waals surface area (Å²) in [6.45, 7) is 0. The van der Waals surface area contributed by atoms with Crippen LogP contribution in [0.4, 0.5) is 0 Å². The van der Waals surface area contributed by atoms with Crippen LogP contribution in [0.5, 0.6) is 0 Å². The van der Waals surface area contributed by atoms with Gasteiger partial charge in [-0.05, 0) is 24.3 Å². The molecule has 10 heteroatoms. The summed E-state index contributed by atoms with van der Waals surface area (Å²) in [5, 5.41) is 1.87. The van der Waals surface area contributed by atoms with E-state index in [-0.39, 0.29) is 11.5 Å². The summed E-state index contributed by atoms with van der Waals surface area (Å²) in [4.78, 5) is 41.1. The zero-order chi connectivity index (χ0) is 18.0. The van der Waals surface area contributed by atoms with Crippen molar-refractivity contribution in [2.24, 2.45) is 11.5 Å². The molecule has 2 amide bonds. The third kappa shape index (κ3) is 4.15. The summed E-state index contributed by atoms with van der Waals surface area (Å²) < 4.78 is 0.754. The summed E-state index contributed by atoms with van der Waals surface area (Å²) in [5.74, 6) is -0.847. The normalized spacial score (nSPS) is 10.7. The average molecular weight is 410 g/mol. The molecule has 0 atom stereocenters. The third-order valence-corrected chi connectivity index (χ3v) is 7.32. The number of nitrogens with zero attached hydrogens (tertiary/aromatic N) is 1. The van der Waals surface area contributed by atoms with E-state index in [1.54, 1.807) is 24.3 Å². The molecule has 0 radical (unpaired) electrons. The van der Waals surface area contributed by atoms with Crippen molar-refractivity contribution >= 4 is 63.4 Å². The molecule has 3 heterocycles. The lowest BCUT2D eigenvalue weighted by Gasteiger charge is -1.95. The minimum atomic E-state index is -0.535. The molecule has 3 rings (SSSR count). The van der Waals surface area contributed by atoms with Gasteiger partial charge in [0.25, 0.3) is 11.8 Å². The van der Waals surface area contributed by atoms with E-state index in [1.807, 2.05) is 5.38 Å². The number of rotatable bonds is 7. The lowest BCUT2D eigenvalue weighted by atomic mass is 10.3. The van der Waals surface area contributed by atoms with Crippen LogP contribution in [0.25, 0.3) is 10.6 Å². The molecule has 6 nitrogen and oxygen atoms in total. The van der Waals surface area contributed by atoms with Crippen LogP contribution in [0, 0.1) is 0 Å². The minimum Gasteiger partial charge on any atom is -0.365 e. The van der Waals surface area contributed by atoms with Crippen LogP contribution in [0.1, 0.15) is 29.0 Å². The van der Waals surface area contributed by atoms with Crippen molar-refractivity contribution in [3.05, 3.63) is 44.3 Å². The predicted octanol–water partition coefficient (Wildman–Crippen LogP) is 3.11. The molecule has 0 fully saturated rings. The van der Waals surface area contributed by atoms with Crippen molar-refractivity contribution in [2.45, 2.75) is 4.34 Å². The van der Waals surface area contributed by atoms with E-state index in [0.29, 0.717) is 14.6 Å². The topological polar surface area (TPSA) is 116 Å². The molecule has 3 aromatic heterocycles. The standard InChI is InChI=1S/C15H11N3O3S4/c16-13(20)11-3-1-9(24-11)7-5-22-15(18-7)23-6-8(19)10-2-4-12(25-10)14(17)21/h1-5H,6H2,(H2,16,20)(H2,17,21). The predicted molar refractivity (Wildman–Crippen MR) is 102 cm³/mol. The van der Waals surface area contributed by atoms with Crippen LogP contribution in [-0.4, -0.2) is 28.3 Å². The van der Waals surface area contributed by atoms with Gasteiger partial charge in [-0.1, -0.05) is 11.8 Å². The summed E-state index contributed by atoms with van der Waals surface area (Å²) in [6.07, 6.45) is 0. The number of aromatic nitrogens is 1. The Kier molecular flexibility index (Phi) is 5.33. The Bertz CT molecular complexity index is 957. The largest absolute Gasteiger partial charge is 0.365 e. The van der Waals surface area contributed by atoms with E-state index in [9.17, 15) is 14.4 Å². The summed E-state index contributed by atoms with van der Waals surface area (Å²) >= 11 is 5.14. The molecule has 3 aromatic rings. The van der Waals surface area contributed by atoms with Crippen molar-refractivity contribution in [1.29, 1.82) is 0 Å². The van der Waals surface area contributed by atoms with Crippen LogP contribution in [-0.2, 0) is 0 Å². The highest BCUT2D eigenvalue weighted by molar-refractivity contribution is 8.01. The van der Waals surface area contributed by atoms with E-state index in [2.05, 4.69) is 4.98 Å². The number of amides is 2. The van der Waals surface area contributed by atoms with Gasteiger partial charge < -0.3 is 11.5 Å². The maximum absolute atomic E-state index is 12.2. The zero-order valence-corrected chi connectivity index (χ0v) is 15.8. The van der Waals surface area contributed by atoms with Gasteiger partial charge >= 0.3 is 0 Å². The molecular weight excluding hydrogens is 398 g/mol. The SMILES string of the molecule is NC(=O)c1ccc(C(=O)CSc2nc(-c3ccc(C(N)=O)s3)cs2)s1. The van der Waals surface area contributed by atoms with E-state index in [1.165, 1.54) is 34.4 Å². The van der Waals surface area contributed by atoms with E-state index >= 15 is 0 Å². The number of thioether (sulfide) groups is 1. The van der Waals surface area contributed by atoms with Crippen LogP contribution >= 0.6 is 45.8 Å². The van der Waals surface area contributed by atoms with Crippen molar-refractivity contribution < 1.29 is 14.4 Å². The first-order valence-corrected chi connectivity index (χ1v) is 10.3. The van der Waals surface area contributed by atoms with Gasteiger partial charge in [0.15, 0.2) is 10.1 Å². The van der Waals surface area contributed by atoms with Gasteiger partial charge in [0.05, 0.1) is 31.0 Å². The summed E-state index contributed by atoms with van der Waals surface area (Å²) in [5.41, 5.74) is 11.2. The molecule has 0 aliphatic carbocycles. The van der Waals surface area contributed by atoms with Gasteiger partial charge in [-0.15, -0.1) is 34.0 Å². The molecule has 0 saturated carbocycles. The van der Waals surface area contributed by atoms with E-state index < -0.39 is 11.8 Å². The third-order valence-electron chi connectivity index (χ3n) is 3.03. The molecule has 4 N–H and O–H groups in total. The van der Waals surface area contributed by atoms with Gasteiger partial charge in [-0.2, -0.15) is 0 Å². The molecular formula is C15H11N3O3S4. The lowest BCUT2D eigenvalue weighted by molar-refractivity contribution is 0.0995. The Morgan fingerprint density at radius 3 is 2.24 bits per heavy atom. The fourth-order valence-corrected chi connectivity index (χ4v) is 5.35. The van der Waals surface area contributed by atoms with Crippen molar-refractivity contribution in [2.75, 3.05) is 5.75 Å². The lowest BCUT2D eigenvalue weighted by Crippen LogP contribution is -2.08. The second kappa shape index (κ2) is 7.48. The van der Waals surface area contributed by atoms with Crippen LogP contribution in [0.3, 0.4) is 0 Å². The van der Waals surface area contributed by atoms with E-state index in [4.69, 9.17) is 11.5 Å². The Labute approximate surface area is 158 Å². The number of thiazole rings is 1. The second-order valence-electron chi connectivity index (χ2n) is 4.77. The Morgan fingerprint density at radius 2 is 1.60 bits per heavy atom. The van der Waals surface area contributed by atoms with Gasteiger partial charge in [0, 0.05) is 5.38 Å². The average Bonchev–Trinajstić information content (AvgIpc) is 3.31. The van der Waals surface area contributed by atoms with Crippen molar-refractivity contribution in [1.82, 2.24) is 4.98 Å². The second-order valence-corrected chi connectivity index (χ2v) is 9.01. The Balaban J connectivity index is 1.63. The maximum Gasteiger partial charge on any atom is 0.258 e. The highest BCUT2D eigenvalue weighted by Gasteiger charge is 2.14. The number of Topliss-reactive ketones (excluding diaryl/α,β-unsaturated/α-hetero) is 1. The number of hydrogen-bond acceptors (Lipinski definition) is 8. The molecule has 25 heavy (non-hydrogen) atoms. The van der Waals surface area contributed by atoms with Crippen LogP contribution in [0.15, 0.2) is 34.0 Å². The number of carbonyl (C=O) groups excluding carboxylic acids is 3. The Morgan fingerprint density at radius 1 is 0.960 bits per heavy atom. The summed E-state index contributed by atoms with van der Waals surface area (Å²) in [6, 6.07) is 6.64. The molecule has 0 aliphatic rings. The highest BCUT2D eigenvalue weighted by Crippen LogP contribution is 2.32. The van der Waals surface area contributed by atoms with Gasteiger partial charge in [-0.3, -0.25) is 14.4 Å². The summed E-state index contributed by atoms with van der Waals surface area (Å²) in [7, 11) is 0. The van der Waals surface area contributed by atoms with Gasteiger partial charge in [0.2, 0.25) is 0 Å². The maximum atomic E-state index is 12.2. The first-order valence-electron chi connectivity index (χ1n) is 6.85. The number of thiophene rings is 2.